The molecule has 29 heavy (non-hydrogen) atoms. The summed E-state index contributed by atoms with van der Waals surface area (Å²) in [6.07, 6.45) is 0. The van der Waals surface area contributed by atoms with Gasteiger partial charge in [-0.25, -0.2) is 4.79 Å². The van der Waals surface area contributed by atoms with Crippen LogP contribution in [-0.2, 0) is 9.53 Å². The van der Waals surface area contributed by atoms with Gasteiger partial charge in [-0.05, 0) is 53.5 Å². The molecule has 2 aromatic carbocycles. The zero-order valence-electron chi connectivity index (χ0n) is 16.4. The Morgan fingerprint density at radius 1 is 1.10 bits per heavy atom. The Balaban J connectivity index is 2.07. The van der Waals surface area contributed by atoms with Crippen LogP contribution in [-0.4, -0.2) is 39.3 Å². The van der Waals surface area contributed by atoms with Crippen molar-refractivity contribution in [3.63, 3.8) is 0 Å². The highest BCUT2D eigenvalue weighted by molar-refractivity contribution is 9.10. The number of methoxy groups -OCH3 is 2. The highest BCUT2D eigenvalue weighted by Crippen LogP contribution is 2.37. The molecule has 0 radical (unpaired) electrons. The van der Waals surface area contributed by atoms with Gasteiger partial charge < -0.3 is 24.3 Å². The third kappa shape index (κ3) is 5.77. The average molecular weight is 487 g/mol. The molecule has 0 atom stereocenters. The lowest BCUT2D eigenvalue weighted by Crippen LogP contribution is -2.21. The molecule has 0 fully saturated rings. The van der Waals surface area contributed by atoms with Gasteiger partial charge in [0.2, 0.25) is 0 Å². The fourth-order valence-electron chi connectivity index (χ4n) is 2.45. The summed E-state index contributed by atoms with van der Waals surface area (Å²) in [4.78, 5) is 24.6. The van der Waals surface area contributed by atoms with E-state index >= 15 is 0 Å². The SMILES string of the molecule is CCOc1c(Br)cc(C(=O)OCC(=O)Nc2cc(C)c(Cl)cc2OC)cc1OC. The van der Waals surface area contributed by atoms with Crippen LogP contribution in [0.1, 0.15) is 22.8 Å². The molecule has 0 aliphatic heterocycles. The van der Waals surface area contributed by atoms with E-state index in [1.165, 1.54) is 20.3 Å². The average Bonchev–Trinajstić information content (AvgIpc) is 2.70. The van der Waals surface area contributed by atoms with Gasteiger partial charge in [-0.2, -0.15) is 0 Å². The molecule has 0 bridgehead atoms. The number of rotatable bonds is 8. The van der Waals surface area contributed by atoms with Gasteiger partial charge in [0.05, 0.1) is 36.6 Å². The lowest BCUT2D eigenvalue weighted by Gasteiger charge is -2.14. The number of benzene rings is 2. The lowest BCUT2D eigenvalue weighted by molar-refractivity contribution is -0.119. The number of hydrogen-bond acceptors (Lipinski definition) is 6. The first-order chi connectivity index (χ1) is 13.8. The van der Waals surface area contributed by atoms with Crippen molar-refractivity contribution < 1.29 is 28.5 Å². The maximum Gasteiger partial charge on any atom is 0.338 e. The molecular formula is C20H21BrClNO6. The first-order valence-corrected chi connectivity index (χ1v) is 9.79. The van der Waals surface area contributed by atoms with E-state index in [1.807, 2.05) is 6.92 Å². The molecular weight excluding hydrogens is 466 g/mol. The van der Waals surface area contributed by atoms with E-state index in [0.717, 1.165) is 5.56 Å². The number of anilines is 1. The molecule has 0 saturated heterocycles. The molecule has 7 nitrogen and oxygen atoms in total. The number of carbonyl (C=O) groups is 2. The van der Waals surface area contributed by atoms with Crippen LogP contribution >= 0.6 is 27.5 Å². The Labute approximate surface area is 182 Å². The topological polar surface area (TPSA) is 83.1 Å². The molecule has 1 amide bonds. The quantitative estimate of drug-likeness (QED) is 0.548. The van der Waals surface area contributed by atoms with Crippen molar-refractivity contribution in [3.8, 4) is 17.2 Å². The second-order valence-corrected chi connectivity index (χ2v) is 7.11. The highest BCUT2D eigenvalue weighted by atomic mass is 79.9. The second-order valence-electron chi connectivity index (χ2n) is 5.85. The van der Waals surface area contributed by atoms with Crippen LogP contribution in [0.15, 0.2) is 28.7 Å². The Bertz CT molecular complexity index is 918. The number of amides is 1. The van der Waals surface area contributed by atoms with Gasteiger partial charge in [0, 0.05) is 11.1 Å². The molecule has 1 N–H and O–H groups in total. The van der Waals surface area contributed by atoms with Gasteiger partial charge in [0.25, 0.3) is 5.91 Å². The van der Waals surface area contributed by atoms with Crippen molar-refractivity contribution in [2.45, 2.75) is 13.8 Å². The summed E-state index contributed by atoms with van der Waals surface area (Å²) in [5.41, 5.74) is 1.41. The number of carbonyl (C=O) groups excluding carboxylic acids is 2. The number of hydrogen-bond donors (Lipinski definition) is 1. The largest absolute Gasteiger partial charge is 0.495 e. The van der Waals surface area contributed by atoms with Gasteiger partial charge in [-0.3, -0.25) is 4.79 Å². The Hall–Kier alpha value is -2.45. The first-order valence-electron chi connectivity index (χ1n) is 8.62. The molecule has 0 spiro atoms. The predicted molar refractivity (Wildman–Crippen MR) is 114 cm³/mol. The molecule has 2 aromatic rings. The lowest BCUT2D eigenvalue weighted by atomic mass is 10.2. The summed E-state index contributed by atoms with van der Waals surface area (Å²) in [5, 5.41) is 3.16. The smallest absolute Gasteiger partial charge is 0.338 e. The third-order valence-electron chi connectivity index (χ3n) is 3.84. The van der Waals surface area contributed by atoms with Crippen LogP contribution in [0.4, 0.5) is 5.69 Å². The number of halogens is 2. The van der Waals surface area contributed by atoms with E-state index in [4.69, 9.17) is 30.5 Å². The van der Waals surface area contributed by atoms with E-state index < -0.39 is 18.5 Å². The molecule has 156 valence electrons. The maximum absolute atomic E-state index is 12.4. The van der Waals surface area contributed by atoms with Crippen LogP contribution in [0.5, 0.6) is 17.2 Å². The van der Waals surface area contributed by atoms with Crippen molar-refractivity contribution in [3.05, 3.63) is 44.9 Å². The number of esters is 1. The number of ether oxygens (including phenoxy) is 4. The van der Waals surface area contributed by atoms with E-state index in [2.05, 4.69) is 21.2 Å². The normalized spacial score (nSPS) is 10.3. The van der Waals surface area contributed by atoms with Crippen molar-refractivity contribution in [2.75, 3.05) is 32.8 Å². The van der Waals surface area contributed by atoms with E-state index in [1.54, 1.807) is 25.1 Å². The van der Waals surface area contributed by atoms with E-state index in [9.17, 15) is 9.59 Å². The minimum Gasteiger partial charge on any atom is -0.495 e. The summed E-state index contributed by atoms with van der Waals surface area (Å²) < 4.78 is 21.6. The van der Waals surface area contributed by atoms with Crippen LogP contribution in [0.2, 0.25) is 5.02 Å². The second kappa shape index (κ2) is 10.4. The minimum absolute atomic E-state index is 0.213. The van der Waals surface area contributed by atoms with Crippen LogP contribution in [0.25, 0.3) is 0 Å². The van der Waals surface area contributed by atoms with Crippen LogP contribution < -0.4 is 19.5 Å². The molecule has 0 unspecified atom stereocenters. The zero-order chi connectivity index (χ0) is 21.6. The summed E-state index contributed by atoms with van der Waals surface area (Å²) in [5.74, 6) is 0.0609. The van der Waals surface area contributed by atoms with Gasteiger partial charge >= 0.3 is 5.97 Å². The van der Waals surface area contributed by atoms with Gasteiger partial charge in [0.15, 0.2) is 18.1 Å². The molecule has 0 saturated carbocycles. The first kappa shape index (κ1) is 22.8. The summed E-state index contributed by atoms with van der Waals surface area (Å²) in [6.45, 7) is 3.60. The summed E-state index contributed by atoms with van der Waals surface area (Å²) >= 11 is 9.40. The highest BCUT2D eigenvalue weighted by Gasteiger charge is 2.18. The van der Waals surface area contributed by atoms with E-state index in [0.29, 0.717) is 39.0 Å². The van der Waals surface area contributed by atoms with Crippen molar-refractivity contribution in [1.82, 2.24) is 0 Å². The number of nitrogens with one attached hydrogen (secondary N) is 1. The summed E-state index contributed by atoms with van der Waals surface area (Å²) in [7, 11) is 2.93. The maximum atomic E-state index is 12.4. The zero-order valence-corrected chi connectivity index (χ0v) is 18.8. The predicted octanol–water partition coefficient (Wildman–Crippen LogP) is 4.62. The molecule has 9 heteroatoms. The Morgan fingerprint density at radius 2 is 1.79 bits per heavy atom. The van der Waals surface area contributed by atoms with Crippen molar-refractivity contribution >= 4 is 45.1 Å². The standard InChI is InChI=1S/C20H21BrClNO6/c1-5-28-19-13(21)7-12(8-17(19)27-4)20(25)29-10-18(24)23-15-6-11(2)14(22)9-16(15)26-3/h6-9H,5,10H2,1-4H3,(H,23,24). The van der Waals surface area contributed by atoms with Crippen LogP contribution in [0.3, 0.4) is 0 Å². The fraction of sp³-hybridized carbons (Fsp3) is 0.300. The van der Waals surface area contributed by atoms with Gasteiger partial charge in [-0.15, -0.1) is 0 Å². The molecule has 0 heterocycles. The van der Waals surface area contributed by atoms with Gasteiger partial charge in [-0.1, -0.05) is 11.6 Å². The van der Waals surface area contributed by atoms with Gasteiger partial charge in [0.1, 0.15) is 5.75 Å². The van der Waals surface area contributed by atoms with Crippen LogP contribution in [0, 0.1) is 6.92 Å². The molecule has 2 rings (SSSR count). The van der Waals surface area contributed by atoms with Crippen molar-refractivity contribution in [2.24, 2.45) is 0 Å². The molecule has 0 aliphatic rings. The minimum atomic E-state index is -0.679. The monoisotopic (exact) mass is 485 g/mol. The van der Waals surface area contributed by atoms with Crippen molar-refractivity contribution in [1.29, 1.82) is 0 Å². The Morgan fingerprint density at radius 3 is 2.41 bits per heavy atom. The Kier molecular flexibility index (Phi) is 8.16. The third-order valence-corrected chi connectivity index (χ3v) is 4.84. The number of aryl methyl sites for hydroxylation is 1. The molecule has 0 aliphatic carbocycles. The molecule has 0 aromatic heterocycles. The van der Waals surface area contributed by atoms with E-state index in [-0.39, 0.29) is 5.56 Å². The summed E-state index contributed by atoms with van der Waals surface area (Å²) in [6, 6.07) is 6.30. The fourth-order valence-corrected chi connectivity index (χ4v) is 3.16.